The van der Waals surface area contributed by atoms with Crippen molar-refractivity contribution in [1.29, 1.82) is 0 Å². The molecular weight excluding hydrogens is 524 g/mol. The molecule has 0 aliphatic rings. The molecule has 0 unspecified atom stereocenters. The number of carbonyl (C=O) groups excluding carboxylic acids is 2. The van der Waals surface area contributed by atoms with Gasteiger partial charge in [-0.3, -0.25) is 14.8 Å². The lowest BCUT2D eigenvalue weighted by molar-refractivity contribution is -0.125. The Morgan fingerprint density at radius 2 is 1.98 bits per heavy atom. The molecule has 0 saturated heterocycles. The van der Waals surface area contributed by atoms with Crippen LogP contribution in [0.3, 0.4) is 0 Å². The lowest BCUT2D eigenvalue weighted by Gasteiger charge is -2.28. The molecule has 12 nitrogen and oxygen atoms in total. The number of H-pyrrole nitrogens is 1. The third-order valence-electron chi connectivity index (χ3n) is 5.95. The summed E-state index contributed by atoms with van der Waals surface area (Å²) in [6.07, 6.45) is 4.93. The summed E-state index contributed by atoms with van der Waals surface area (Å²) in [6.45, 7) is 8.74. The second kappa shape index (κ2) is 14.9. The number of rotatable bonds is 12. The number of benzene rings is 1. The molecule has 220 valence electrons. The van der Waals surface area contributed by atoms with Crippen LogP contribution < -0.4 is 16.0 Å². The Hall–Kier alpha value is -4.37. The lowest BCUT2D eigenvalue weighted by atomic mass is 10.2. The summed E-state index contributed by atoms with van der Waals surface area (Å²) in [4.78, 5) is 35.1. The minimum atomic E-state index is -0.659. The molecule has 0 fully saturated rings. The maximum atomic E-state index is 12.5. The van der Waals surface area contributed by atoms with Gasteiger partial charge < -0.3 is 25.4 Å². The van der Waals surface area contributed by atoms with E-state index in [2.05, 4.69) is 48.0 Å². The zero-order valence-electron chi connectivity index (χ0n) is 24.6. The van der Waals surface area contributed by atoms with Gasteiger partial charge in [-0.1, -0.05) is 11.8 Å². The van der Waals surface area contributed by atoms with Crippen LogP contribution in [0.25, 0.3) is 10.9 Å². The summed E-state index contributed by atoms with van der Waals surface area (Å²) in [5.74, 6) is 7.10. The van der Waals surface area contributed by atoms with Gasteiger partial charge in [0.05, 0.1) is 23.5 Å². The van der Waals surface area contributed by atoms with Crippen LogP contribution in [0.2, 0.25) is 0 Å². The van der Waals surface area contributed by atoms with Gasteiger partial charge in [0.15, 0.2) is 0 Å². The number of nitrogens with one attached hydrogen (secondary N) is 4. The molecule has 2 amide bonds. The molecule has 0 saturated carbocycles. The summed E-state index contributed by atoms with van der Waals surface area (Å²) in [5, 5.41) is 17.4. The number of hydrogen-bond donors (Lipinski definition) is 4. The zero-order valence-corrected chi connectivity index (χ0v) is 24.6. The standard InChI is InChI=1S/C29H40N8O4/c1-20(37(5)28(39)41-29(2,3)4)26(38)31-14-9-7-8-11-21-18-32-27(35-25(21)30-15-10-16-40-6)34-23-12-13-24-22(17-23)19-33-36-24/h12-13,17-20H,7,9-10,14-16H2,1-6H3,(H,31,38)(H,33,36)(H2,30,32,34,35)/t20-/m0/s1. The minimum Gasteiger partial charge on any atom is -0.444 e. The fraction of sp³-hybridized carbons (Fsp3) is 0.483. The molecular formula is C29H40N8O4. The van der Waals surface area contributed by atoms with E-state index < -0.39 is 17.7 Å². The Labute approximate surface area is 241 Å². The van der Waals surface area contributed by atoms with E-state index in [1.807, 2.05) is 18.2 Å². The number of likely N-dealkylation sites (N-methyl/N-ethyl adjacent to an activating group) is 1. The van der Waals surface area contributed by atoms with E-state index >= 15 is 0 Å². The molecule has 0 aliphatic carbocycles. The molecule has 0 aliphatic heterocycles. The Kier molecular flexibility index (Phi) is 11.3. The van der Waals surface area contributed by atoms with E-state index in [1.165, 1.54) is 4.90 Å². The van der Waals surface area contributed by atoms with Crippen LogP contribution in [0.15, 0.2) is 30.6 Å². The highest BCUT2D eigenvalue weighted by Gasteiger charge is 2.26. The largest absolute Gasteiger partial charge is 0.444 e. The SMILES string of the molecule is COCCCNc1nc(Nc2ccc3[nH]ncc3c2)ncc1C#CCCCNC(=O)[C@H](C)N(C)C(=O)OC(C)(C)C. The van der Waals surface area contributed by atoms with Crippen molar-refractivity contribution in [3.8, 4) is 11.8 Å². The van der Waals surface area contributed by atoms with Crippen molar-refractivity contribution < 1.29 is 19.1 Å². The van der Waals surface area contributed by atoms with Crippen LogP contribution >= 0.6 is 0 Å². The number of amides is 2. The molecule has 3 rings (SSSR count). The van der Waals surface area contributed by atoms with E-state index in [4.69, 9.17) is 9.47 Å². The number of ether oxygens (including phenoxy) is 2. The molecule has 2 heterocycles. The van der Waals surface area contributed by atoms with E-state index in [0.29, 0.717) is 49.9 Å². The minimum absolute atomic E-state index is 0.253. The summed E-state index contributed by atoms with van der Waals surface area (Å²) < 4.78 is 10.5. The zero-order chi connectivity index (χ0) is 29.8. The van der Waals surface area contributed by atoms with E-state index in [9.17, 15) is 9.59 Å². The topological polar surface area (TPSA) is 146 Å². The van der Waals surface area contributed by atoms with Gasteiger partial charge in [0.2, 0.25) is 11.9 Å². The van der Waals surface area contributed by atoms with Gasteiger partial charge in [-0.05, 0) is 58.7 Å². The van der Waals surface area contributed by atoms with Crippen LogP contribution in [0, 0.1) is 11.8 Å². The van der Waals surface area contributed by atoms with Gasteiger partial charge in [0.1, 0.15) is 17.5 Å². The number of unbranched alkanes of at least 4 members (excludes halogenated alkanes) is 1. The molecule has 1 atom stereocenters. The summed E-state index contributed by atoms with van der Waals surface area (Å²) in [7, 11) is 3.22. The molecule has 0 radical (unpaired) electrons. The van der Waals surface area contributed by atoms with Gasteiger partial charge >= 0.3 is 6.09 Å². The monoisotopic (exact) mass is 564 g/mol. The molecule has 41 heavy (non-hydrogen) atoms. The highest BCUT2D eigenvalue weighted by Crippen LogP contribution is 2.21. The maximum Gasteiger partial charge on any atom is 0.410 e. The van der Waals surface area contributed by atoms with Crippen LogP contribution in [-0.4, -0.2) is 82.6 Å². The molecule has 4 N–H and O–H groups in total. The molecule has 0 spiro atoms. The predicted octanol–water partition coefficient (Wildman–Crippen LogP) is 4.05. The fourth-order valence-corrected chi connectivity index (χ4v) is 3.60. The molecule has 2 aromatic heterocycles. The van der Waals surface area contributed by atoms with Crippen LogP contribution in [-0.2, 0) is 14.3 Å². The van der Waals surface area contributed by atoms with Crippen molar-refractivity contribution in [3.63, 3.8) is 0 Å². The summed E-state index contributed by atoms with van der Waals surface area (Å²) in [6, 6.07) is 5.18. The van der Waals surface area contributed by atoms with Crippen molar-refractivity contribution in [2.75, 3.05) is 44.5 Å². The van der Waals surface area contributed by atoms with Crippen LogP contribution in [0.5, 0.6) is 0 Å². The number of anilines is 3. The molecule has 1 aromatic carbocycles. The number of hydrogen-bond acceptors (Lipinski definition) is 9. The first-order chi connectivity index (χ1) is 19.6. The van der Waals surface area contributed by atoms with Gasteiger partial charge in [0, 0.05) is 51.3 Å². The Morgan fingerprint density at radius 3 is 2.73 bits per heavy atom. The fourth-order valence-electron chi connectivity index (χ4n) is 3.60. The molecule has 12 heteroatoms. The third-order valence-corrected chi connectivity index (χ3v) is 5.95. The van der Waals surface area contributed by atoms with Crippen molar-refractivity contribution in [1.82, 2.24) is 30.4 Å². The number of carbonyl (C=O) groups is 2. The molecule has 0 bridgehead atoms. The van der Waals surface area contributed by atoms with Crippen LogP contribution in [0.1, 0.15) is 52.5 Å². The first-order valence-electron chi connectivity index (χ1n) is 13.6. The predicted molar refractivity (Wildman–Crippen MR) is 159 cm³/mol. The highest BCUT2D eigenvalue weighted by atomic mass is 16.6. The maximum absolute atomic E-state index is 12.5. The second-order valence-corrected chi connectivity index (χ2v) is 10.5. The quantitative estimate of drug-likeness (QED) is 0.189. The summed E-state index contributed by atoms with van der Waals surface area (Å²) >= 11 is 0. The number of nitrogens with zero attached hydrogens (tertiary/aromatic N) is 4. The Balaban J connectivity index is 1.55. The van der Waals surface area contributed by atoms with Gasteiger partial charge in [-0.25, -0.2) is 9.78 Å². The van der Waals surface area contributed by atoms with Crippen molar-refractivity contribution >= 4 is 40.4 Å². The normalized spacial score (nSPS) is 11.8. The van der Waals surface area contributed by atoms with Gasteiger partial charge in [-0.2, -0.15) is 10.1 Å². The van der Waals surface area contributed by atoms with E-state index in [1.54, 1.807) is 54.2 Å². The summed E-state index contributed by atoms with van der Waals surface area (Å²) in [5.41, 5.74) is 1.84. The first kappa shape index (κ1) is 31.2. The van der Waals surface area contributed by atoms with E-state index in [-0.39, 0.29) is 5.91 Å². The number of aromatic nitrogens is 4. The Bertz CT molecular complexity index is 1370. The van der Waals surface area contributed by atoms with Crippen molar-refractivity contribution in [2.24, 2.45) is 0 Å². The highest BCUT2D eigenvalue weighted by molar-refractivity contribution is 5.85. The number of methoxy groups -OCH3 is 1. The lowest BCUT2D eigenvalue weighted by Crippen LogP contribution is -2.47. The second-order valence-electron chi connectivity index (χ2n) is 10.5. The van der Waals surface area contributed by atoms with Gasteiger partial charge in [0.25, 0.3) is 0 Å². The number of aromatic amines is 1. The van der Waals surface area contributed by atoms with Crippen molar-refractivity contribution in [3.05, 3.63) is 36.2 Å². The number of fused-ring (bicyclic) bond motifs is 1. The first-order valence-corrected chi connectivity index (χ1v) is 13.6. The third kappa shape index (κ3) is 9.95. The molecule has 3 aromatic rings. The average Bonchev–Trinajstić information content (AvgIpc) is 3.40. The van der Waals surface area contributed by atoms with E-state index in [0.717, 1.165) is 23.0 Å². The average molecular weight is 565 g/mol. The van der Waals surface area contributed by atoms with Crippen LogP contribution in [0.4, 0.5) is 22.2 Å². The van der Waals surface area contributed by atoms with Gasteiger partial charge in [-0.15, -0.1) is 0 Å². The Morgan fingerprint density at radius 1 is 1.17 bits per heavy atom. The van der Waals surface area contributed by atoms with Crippen molar-refractivity contribution in [2.45, 2.75) is 58.6 Å². The smallest absolute Gasteiger partial charge is 0.410 e.